The Morgan fingerprint density at radius 2 is 2.10 bits per heavy atom. The van der Waals surface area contributed by atoms with E-state index in [0.717, 1.165) is 31.5 Å². The molecular formula is C17H29N3O. The summed E-state index contributed by atoms with van der Waals surface area (Å²) < 4.78 is 0. The lowest BCUT2D eigenvalue weighted by Crippen LogP contribution is -2.42. The molecule has 0 bridgehead atoms. The molecule has 0 aliphatic heterocycles. The molecule has 1 rings (SSSR count). The number of amides is 1. The second-order valence-electron chi connectivity index (χ2n) is 5.61. The number of aryl methyl sites for hydroxylation is 1. The van der Waals surface area contributed by atoms with Crippen LogP contribution in [0, 0.1) is 6.92 Å². The first kappa shape index (κ1) is 17.5. The summed E-state index contributed by atoms with van der Waals surface area (Å²) in [5.41, 5.74) is 7.92. The quantitative estimate of drug-likeness (QED) is 0.735. The van der Waals surface area contributed by atoms with E-state index in [2.05, 4.69) is 43.1 Å². The molecule has 21 heavy (non-hydrogen) atoms. The van der Waals surface area contributed by atoms with Gasteiger partial charge < -0.3 is 16.0 Å². The number of para-hydroxylation sites is 1. The van der Waals surface area contributed by atoms with Gasteiger partial charge in [0.15, 0.2) is 0 Å². The molecule has 4 nitrogen and oxygen atoms in total. The summed E-state index contributed by atoms with van der Waals surface area (Å²) >= 11 is 0. The molecule has 0 aromatic heterocycles. The predicted molar refractivity (Wildman–Crippen MR) is 89.6 cm³/mol. The molecule has 0 fully saturated rings. The van der Waals surface area contributed by atoms with Crippen molar-refractivity contribution in [3.63, 3.8) is 0 Å². The van der Waals surface area contributed by atoms with E-state index in [1.165, 1.54) is 5.56 Å². The van der Waals surface area contributed by atoms with Crippen molar-refractivity contribution in [1.82, 2.24) is 5.32 Å². The molecular weight excluding hydrogens is 262 g/mol. The van der Waals surface area contributed by atoms with Gasteiger partial charge in [-0.1, -0.05) is 31.5 Å². The van der Waals surface area contributed by atoms with Crippen LogP contribution in [0.1, 0.15) is 38.7 Å². The van der Waals surface area contributed by atoms with Crippen molar-refractivity contribution in [2.24, 2.45) is 5.73 Å². The number of hydrogen-bond acceptors (Lipinski definition) is 3. The van der Waals surface area contributed by atoms with Crippen LogP contribution in [0.25, 0.3) is 0 Å². The fourth-order valence-corrected chi connectivity index (χ4v) is 2.48. The Kier molecular flexibility index (Phi) is 7.83. The van der Waals surface area contributed by atoms with Crippen LogP contribution in [-0.4, -0.2) is 31.6 Å². The summed E-state index contributed by atoms with van der Waals surface area (Å²) in [5.74, 6) is 0.0798. The van der Waals surface area contributed by atoms with Gasteiger partial charge in [-0.15, -0.1) is 0 Å². The van der Waals surface area contributed by atoms with Gasteiger partial charge >= 0.3 is 0 Å². The summed E-state index contributed by atoms with van der Waals surface area (Å²) in [7, 11) is 0. The zero-order valence-corrected chi connectivity index (χ0v) is 13.6. The summed E-state index contributed by atoms with van der Waals surface area (Å²) in [4.78, 5) is 14.3. The van der Waals surface area contributed by atoms with Crippen molar-refractivity contribution >= 4 is 11.6 Å². The number of anilines is 1. The van der Waals surface area contributed by atoms with E-state index in [1.54, 1.807) is 0 Å². The van der Waals surface area contributed by atoms with Gasteiger partial charge in [-0.05, 0) is 44.9 Å². The number of nitrogens with zero attached hydrogens (tertiary/aromatic N) is 1. The molecule has 0 saturated heterocycles. The molecule has 1 aromatic rings. The maximum Gasteiger partial charge on any atom is 0.239 e. The van der Waals surface area contributed by atoms with Crippen molar-refractivity contribution in [2.45, 2.75) is 46.1 Å². The summed E-state index contributed by atoms with van der Waals surface area (Å²) in [6.07, 6.45) is 2.97. The molecule has 1 unspecified atom stereocenters. The van der Waals surface area contributed by atoms with Crippen LogP contribution in [0.3, 0.4) is 0 Å². The smallest absolute Gasteiger partial charge is 0.239 e. The Labute approximate surface area is 128 Å². The van der Waals surface area contributed by atoms with Crippen LogP contribution >= 0.6 is 0 Å². The first-order chi connectivity index (χ1) is 10.1. The molecule has 1 amide bonds. The van der Waals surface area contributed by atoms with E-state index in [-0.39, 0.29) is 11.9 Å². The molecule has 0 radical (unpaired) electrons. The fraction of sp³-hybridized carbons (Fsp3) is 0.588. The largest absolute Gasteiger partial charge is 0.362 e. The average Bonchev–Trinajstić information content (AvgIpc) is 2.44. The van der Waals surface area contributed by atoms with Gasteiger partial charge in [0.25, 0.3) is 0 Å². The Hall–Kier alpha value is -1.55. The highest BCUT2D eigenvalue weighted by Gasteiger charge is 2.14. The number of hydrogen-bond donors (Lipinski definition) is 2. The summed E-state index contributed by atoms with van der Waals surface area (Å²) in [5, 5.41) is 3.07. The van der Waals surface area contributed by atoms with E-state index in [4.69, 9.17) is 5.73 Å². The summed E-state index contributed by atoms with van der Waals surface area (Å²) in [6.45, 7) is 8.08. The third kappa shape index (κ3) is 6.17. The first-order valence-corrected chi connectivity index (χ1v) is 7.88. The molecule has 0 saturated carbocycles. The SMILES string of the molecule is CCCC(C)NC(=O)CN(CCCN)c1ccccc1C. The van der Waals surface area contributed by atoms with Crippen LogP contribution in [0.2, 0.25) is 0 Å². The van der Waals surface area contributed by atoms with Crippen molar-refractivity contribution < 1.29 is 4.79 Å². The van der Waals surface area contributed by atoms with E-state index in [0.29, 0.717) is 13.1 Å². The Morgan fingerprint density at radius 1 is 1.38 bits per heavy atom. The summed E-state index contributed by atoms with van der Waals surface area (Å²) in [6, 6.07) is 8.39. The zero-order valence-electron chi connectivity index (χ0n) is 13.6. The highest BCUT2D eigenvalue weighted by Crippen LogP contribution is 2.19. The van der Waals surface area contributed by atoms with E-state index < -0.39 is 0 Å². The lowest BCUT2D eigenvalue weighted by atomic mass is 10.1. The number of nitrogens with two attached hydrogens (primary N) is 1. The van der Waals surface area contributed by atoms with Crippen LogP contribution in [0.4, 0.5) is 5.69 Å². The molecule has 3 N–H and O–H groups in total. The molecule has 0 heterocycles. The number of benzene rings is 1. The zero-order chi connectivity index (χ0) is 15.7. The van der Waals surface area contributed by atoms with Crippen molar-refractivity contribution in [2.75, 3.05) is 24.5 Å². The second kappa shape index (κ2) is 9.40. The van der Waals surface area contributed by atoms with E-state index in [9.17, 15) is 4.79 Å². The number of rotatable bonds is 9. The first-order valence-electron chi connectivity index (χ1n) is 7.88. The van der Waals surface area contributed by atoms with Crippen molar-refractivity contribution in [3.05, 3.63) is 29.8 Å². The minimum atomic E-state index is 0.0798. The van der Waals surface area contributed by atoms with Gasteiger partial charge in [-0.25, -0.2) is 0 Å². The molecule has 0 spiro atoms. The number of carbonyl (C=O) groups excluding carboxylic acids is 1. The van der Waals surface area contributed by atoms with Crippen molar-refractivity contribution in [1.29, 1.82) is 0 Å². The lowest BCUT2D eigenvalue weighted by Gasteiger charge is -2.26. The molecule has 1 aromatic carbocycles. The molecule has 0 aliphatic rings. The Bertz CT molecular complexity index is 434. The highest BCUT2D eigenvalue weighted by atomic mass is 16.2. The average molecular weight is 291 g/mol. The maximum atomic E-state index is 12.2. The minimum Gasteiger partial charge on any atom is -0.362 e. The number of nitrogens with one attached hydrogen (secondary N) is 1. The van der Waals surface area contributed by atoms with E-state index in [1.807, 2.05) is 12.1 Å². The predicted octanol–water partition coefficient (Wildman–Crippen LogP) is 2.46. The fourth-order valence-electron chi connectivity index (χ4n) is 2.48. The van der Waals surface area contributed by atoms with E-state index >= 15 is 0 Å². The molecule has 4 heteroatoms. The Balaban J connectivity index is 2.70. The van der Waals surface area contributed by atoms with Gasteiger partial charge in [0.05, 0.1) is 6.54 Å². The topological polar surface area (TPSA) is 58.4 Å². The van der Waals surface area contributed by atoms with Crippen LogP contribution < -0.4 is 16.0 Å². The monoisotopic (exact) mass is 291 g/mol. The third-order valence-electron chi connectivity index (χ3n) is 3.55. The standard InChI is InChI=1S/C17H29N3O/c1-4-8-15(3)19-17(21)13-20(12-7-11-18)16-10-6-5-9-14(16)2/h5-6,9-10,15H,4,7-8,11-13,18H2,1-3H3,(H,19,21). The molecule has 1 atom stereocenters. The van der Waals surface area contributed by atoms with Gasteiger partial charge in [0.2, 0.25) is 5.91 Å². The van der Waals surface area contributed by atoms with Gasteiger partial charge in [0.1, 0.15) is 0 Å². The Morgan fingerprint density at radius 3 is 2.71 bits per heavy atom. The molecule has 0 aliphatic carbocycles. The van der Waals surface area contributed by atoms with Gasteiger partial charge in [-0.2, -0.15) is 0 Å². The van der Waals surface area contributed by atoms with Crippen molar-refractivity contribution in [3.8, 4) is 0 Å². The van der Waals surface area contributed by atoms with Crippen LogP contribution in [-0.2, 0) is 4.79 Å². The normalized spacial score (nSPS) is 12.0. The van der Waals surface area contributed by atoms with Gasteiger partial charge in [0, 0.05) is 18.3 Å². The maximum absolute atomic E-state index is 12.2. The second-order valence-corrected chi connectivity index (χ2v) is 5.61. The van der Waals surface area contributed by atoms with Gasteiger partial charge in [-0.3, -0.25) is 4.79 Å². The lowest BCUT2D eigenvalue weighted by molar-refractivity contribution is -0.120. The highest BCUT2D eigenvalue weighted by molar-refractivity contribution is 5.81. The third-order valence-corrected chi connectivity index (χ3v) is 3.55. The number of carbonyl (C=O) groups is 1. The molecule has 118 valence electrons. The minimum absolute atomic E-state index is 0.0798. The van der Waals surface area contributed by atoms with Crippen LogP contribution in [0.15, 0.2) is 24.3 Å². The van der Waals surface area contributed by atoms with Crippen LogP contribution in [0.5, 0.6) is 0 Å².